The number of nitrogens with zero attached hydrogens (tertiary/aromatic N) is 2. The van der Waals surface area contributed by atoms with E-state index in [1.54, 1.807) is 35.6 Å². The smallest absolute Gasteiger partial charge is 0.251 e. The largest absolute Gasteiger partial charge is 0.340 e. The van der Waals surface area contributed by atoms with Gasteiger partial charge in [0.25, 0.3) is 5.91 Å². The van der Waals surface area contributed by atoms with Crippen molar-refractivity contribution in [3.05, 3.63) is 62.9 Å². The standard InChI is InChI=1S/C22H22ClN3O2S/c1-2-3-18(22(28)26-10-8-19-16(13-26)9-11-29-19)25-21(27)15-4-6-17-14(12-15)5-7-20(23)24-17/h4-7,9,11-12,18H,2-3,8,10,13H2,1H3,(H,25,27). The lowest BCUT2D eigenvalue weighted by Crippen LogP contribution is -2.49. The van der Waals surface area contributed by atoms with Crippen LogP contribution in [0.1, 0.15) is 40.6 Å². The van der Waals surface area contributed by atoms with Crippen molar-refractivity contribution in [2.24, 2.45) is 0 Å². The van der Waals surface area contributed by atoms with Crippen LogP contribution in [-0.2, 0) is 17.8 Å². The van der Waals surface area contributed by atoms with Gasteiger partial charge >= 0.3 is 0 Å². The number of carbonyl (C=O) groups excluding carboxylic acids is 2. The van der Waals surface area contributed by atoms with Crippen molar-refractivity contribution in [2.75, 3.05) is 6.54 Å². The van der Waals surface area contributed by atoms with Gasteiger partial charge in [-0.3, -0.25) is 9.59 Å². The molecule has 5 nitrogen and oxygen atoms in total. The Balaban J connectivity index is 1.49. The second-order valence-corrected chi connectivity index (χ2v) is 8.62. The Bertz CT molecular complexity index is 1070. The Morgan fingerprint density at radius 1 is 1.28 bits per heavy atom. The number of thiophene rings is 1. The fourth-order valence-electron chi connectivity index (χ4n) is 3.69. The highest BCUT2D eigenvalue weighted by Gasteiger charge is 2.28. The fraction of sp³-hybridized carbons (Fsp3) is 0.318. The van der Waals surface area contributed by atoms with Crippen LogP contribution in [0.2, 0.25) is 5.15 Å². The van der Waals surface area contributed by atoms with Crippen molar-refractivity contribution >= 4 is 45.7 Å². The zero-order valence-corrected chi connectivity index (χ0v) is 17.7. The molecule has 7 heteroatoms. The summed E-state index contributed by atoms with van der Waals surface area (Å²) in [7, 11) is 0. The van der Waals surface area contributed by atoms with Crippen LogP contribution in [-0.4, -0.2) is 34.3 Å². The SMILES string of the molecule is CCCC(NC(=O)c1ccc2nc(Cl)ccc2c1)C(=O)N1CCc2sccc2C1. The summed E-state index contributed by atoms with van der Waals surface area (Å²) in [6, 6.07) is 10.4. The van der Waals surface area contributed by atoms with Gasteiger partial charge in [0.15, 0.2) is 0 Å². The molecule has 0 saturated carbocycles. The minimum Gasteiger partial charge on any atom is -0.340 e. The lowest BCUT2D eigenvalue weighted by Gasteiger charge is -2.31. The van der Waals surface area contributed by atoms with Gasteiger partial charge in [-0.05, 0) is 60.2 Å². The van der Waals surface area contributed by atoms with Crippen LogP contribution in [0.3, 0.4) is 0 Å². The first-order valence-electron chi connectivity index (χ1n) is 9.76. The molecule has 150 valence electrons. The second-order valence-electron chi connectivity index (χ2n) is 7.23. The van der Waals surface area contributed by atoms with Gasteiger partial charge in [-0.1, -0.05) is 24.9 Å². The van der Waals surface area contributed by atoms with Gasteiger partial charge in [0.05, 0.1) is 5.52 Å². The minimum absolute atomic E-state index is 0.00807. The summed E-state index contributed by atoms with van der Waals surface area (Å²) in [4.78, 5) is 33.4. The van der Waals surface area contributed by atoms with E-state index in [0.717, 1.165) is 23.7 Å². The average Bonchev–Trinajstić information content (AvgIpc) is 3.20. The number of pyridine rings is 1. The first-order valence-corrected chi connectivity index (χ1v) is 11.0. The first-order chi connectivity index (χ1) is 14.0. The van der Waals surface area contributed by atoms with Crippen LogP contribution in [0.4, 0.5) is 0 Å². The Hall–Kier alpha value is -2.44. The molecule has 1 aliphatic heterocycles. The summed E-state index contributed by atoms with van der Waals surface area (Å²) in [6.07, 6.45) is 2.31. The molecule has 1 N–H and O–H groups in total. The molecule has 3 aromatic rings. The van der Waals surface area contributed by atoms with Gasteiger partial charge in [0.1, 0.15) is 11.2 Å². The molecule has 1 aromatic carbocycles. The van der Waals surface area contributed by atoms with Crippen molar-refractivity contribution in [3.8, 4) is 0 Å². The maximum absolute atomic E-state index is 13.1. The summed E-state index contributed by atoms with van der Waals surface area (Å²) in [6.45, 7) is 3.34. The van der Waals surface area contributed by atoms with Gasteiger partial charge in [-0.25, -0.2) is 4.98 Å². The quantitative estimate of drug-likeness (QED) is 0.612. The average molecular weight is 428 g/mol. The normalized spacial score (nSPS) is 14.5. The lowest BCUT2D eigenvalue weighted by molar-refractivity contribution is -0.134. The number of carbonyl (C=O) groups is 2. The molecular formula is C22H22ClN3O2S. The van der Waals surface area contributed by atoms with E-state index in [1.165, 1.54) is 10.4 Å². The number of halogens is 1. The molecule has 1 unspecified atom stereocenters. The molecule has 3 heterocycles. The van der Waals surface area contributed by atoms with E-state index < -0.39 is 6.04 Å². The Labute approximate surface area is 178 Å². The molecule has 0 radical (unpaired) electrons. The van der Waals surface area contributed by atoms with Gasteiger partial charge in [0.2, 0.25) is 5.91 Å². The van der Waals surface area contributed by atoms with Crippen molar-refractivity contribution in [2.45, 2.75) is 38.8 Å². The molecule has 0 spiro atoms. The Morgan fingerprint density at radius 2 is 2.14 bits per heavy atom. The number of benzene rings is 1. The van der Waals surface area contributed by atoms with Crippen LogP contribution >= 0.6 is 22.9 Å². The number of rotatable bonds is 5. The van der Waals surface area contributed by atoms with E-state index in [4.69, 9.17) is 11.6 Å². The highest BCUT2D eigenvalue weighted by Crippen LogP contribution is 2.25. The predicted molar refractivity (Wildman–Crippen MR) is 116 cm³/mol. The number of nitrogens with one attached hydrogen (secondary N) is 1. The zero-order chi connectivity index (χ0) is 20.4. The molecule has 1 atom stereocenters. The van der Waals surface area contributed by atoms with Crippen molar-refractivity contribution in [3.63, 3.8) is 0 Å². The summed E-state index contributed by atoms with van der Waals surface area (Å²) < 4.78 is 0. The van der Waals surface area contributed by atoms with Gasteiger partial charge < -0.3 is 10.2 Å². The molecule has 0 saturated heterocycles. The predicted octanol–water partition coefficient (Wildman–Crippen LogP) is 4.43. The molecule has 1 aliphatic rings. The fourth-order valence-corrected chi connectivity index (χ4v) is 4.73. The molecule has 0 fully saturated rings. The maximum atomic E-state index is 13.1. The highest BCUT2D eigenvalue weighted by molar-refractivity contribution is 7.10. The van der Waals surface area contributed by atoms with Gasteiger partial charge in [-0.15, -0.1) is 11.3 Å². The van der Waals surface area contributed by atoms with Crippen molar-refractivity contribution in [1.82, 2.24) is 15.2 Å². The molecular weight excluding hydrogens is 406 g/mol. The Kier molecular flexibility index (Phi) is 5.83. The second kappa shape index (κ2) is 8.51. The summed E-state index contributed by atoms with van der Waals surface area (Å²) in [5.74, 6) is -0.256. The van der Waals surface area contributed by atoms with E-state index in [9.17, 15) is 9.59 Å². The number of aromatic nitrogens is 1. The highest BCUT2D eigenvalue weighted by atomic mass is 35.5. The number of amides is 2. The van der Waals surface area contributed by atoms with E-state index in [1.807, 2.05) is 17.9 Å². The molecule has 0 bridgehead atoms. The molecule has 0 aliphatic carbocycles. The number of hydrogen-bond acceptors (Lipinski definition) is 4. The van der Waals surface area contributed by atoms with Crippen LogP contribution in [0.25, 0.3) is 10.9 Å². The van der Waals surface area contributed by atoms with E-state index in [2.05, 4.69) is 21.7 Å². The van der Waals surface area contributed by atoms with Crippen molar-refractivity contribution in [1.29, 1.82) is 0 Å². The summed E-state index contributed by atoms with van der Waals surface area (Å²) in [5.41, 5.74) is 2.46. The van der Waals surface area contributed by atoms with Gasteiger partial charge in [-0.2, -0.15) is 0 Å². The monoisotopic (exact) mass is 427 g/mol. The third kappa shape index (κ3) is 4.28. The number of fused-ring (bicyclic) bond motifs is 2. The minimum atomic E-state index is -0.522. The van der Waals surface area contributed by atoms with Crippen LogP contribution in [0, 0.1) is 0 Å². The summed E-state index contributed by atoms with van der Waals surface area (Å²) in [5, 5.41) is 6.28. The maximum Gasteiger partial charge on any atom is 0.251 e. The molecule has 2 aromatic heterocycles. The number of hydrogen-bond donors (Lipinski definition) is 1. The molecule has 4 rings (SSSR count). The third-order valence-corrected chi connectivity index (χ3v) is 6.45. The van der Waals surface area contributed by atoms with Crippen LogP contribution < -0.4 is 5.32 Å². The molecule has 29 heavy (non-hydrogen) atoms. The molecule has 2 amide bonds. The van der Waals surface area contributed by atoms with Crippen LogP contribution in [0.5, 0.6) is 0 Å². The summed E-state index contributed by atoms with van der Waals surface area (Å²) >= 11 is 7.67. The van der Waals surface area contributed by atoms with E-state index in [-0.39, 0.29) is 11.8 Å². The van der Waals surface area contributed by atoms with E-state index >= 15 is 0 Å². The topological polar surface area (TPSA) is 62.3 Å². The lowest BCUT2D eigenvalue weighted by atomic mass is 10.1. The van der Waals surface area contributed by atoms with Crippen molar-refractivity contribution < 1.29 is 9.59 Å². The zero-order valence-electron chi connectivity index (χ0n) is 16.2. The van der Waals surface area contributed by atoms with E-state index in [0.29, 0.717) is 30.2 Å². The Morgan fingerprint density at radius 3 is 2.97 bits per heavy atom. The first kappa shape index (κ1) is 19.9. The van der Waals surface area contributed by atoms with Crippen LogP contribution in [0.15, 0.2) is 41.8 Å². The van der Waals surface area contributed by atoms with Gasteiger partial charge in [0, 0.05) is 28.9 Å². The third-order valence-electron chi connectivity index (χ3n) is 5.22.